The van der Waals surface area contributed by atoms with Crippen molar-refractivity contribution < 1.29 is 27.9 Å². The van der Waals surface area contributed by atoms with Crippen LogP contribution in [0.4, 0.5) is 20.3 Å². The number of hydrogen-bond donors (Lipinski definition) is 2. The topological polar surface area (TPSA) is 144 Å². The lowest BCUT2D eigenvalue weighted by Crippen LogP contribution is -2.48. The highest BCUT2D eigenvalue weighted by Crippen LogP contribution is 2.38. The maximum Gasteiger partial charge on any atom is 0.274 e. The van der Waals surface area contributed by atoms with Crippen molar-refractivity contribution in [3.8, 4) is 5.75 Å². The zero-order chi connectivity index (χ0) is 38.4. The zero-order valence-electron chi connectivity index (χ0n) is 31.0. The number of anilines is 2. The molecule has 55 heavy (non-hydrogen) atoms. The first kappa shape index (κ1) is 36.8. The average Bonchev–Trinajstić information content (AvgIpc) is 3.73. The van der Waals surface area contributed by atoms with E-state index >= 15 is 4.39 Å². The Morgan fingerprint density at radius 2 is 1.82 bits per heavy atom. The third-order valence-electron chi connectivity index (χ3n) is 11.4. The van der Waals surface area contributed by atoms with Crippen LogP contribution >= 0.6 is 0 Å². The summed E-state index contributed by atoms with van der Waals surface area (Å²) in [6, 6.07) is 7.79. The maximum atomic E-state index is 15.2. The Labute approximate surface area is 317 Å². The summed E-state index contributed by atoms with van der Waals surface area (Å²) >= 11 is 0. The van der Waals surface area contributed by atoms with Crippen LogP contribution in [0.5, 0.6) is 5.75 Å². The molecular weight excluding hydrogens is 710 g/mol. The van der Waals surface area contributed by atoms with Crippen LogP contribution in [0.3, 0.4) is 0 Å². The summed E-state index contributed by atoms with van der Waals surface area (Å²) in [6.07, 6.45) is 8.74. The van der Waals surface area contributed by atoms with Crippen LogP contribution in [0.15, 0.2) is 53.7 Å². The molecule has 3 amide bonds. The Morgan fingerprint density at radius 3 is 2.51 bits per heavy atom. The molecule has 2 aliphatic heterocycles. The molecule has 0 radical (unpaired) electrons. The van der Waals surface area contributed by atoms with Gasteiger partial charge in [0, 0.05) is 75.6 Å². The Balaban J connectivity index is 0.866. The number of alkyl halides is 1. The van der Waals surface area contributed by atoms with Gasteiger partial charge in [-0.25, -0.2) is 13.8 Å². The van der Waals surface area contributed by atoms with E-state index in [4.69, 9.17) is 9.84 Å². The van der Waals surface area contributed by atoms with Crippen LogP contribution in [0, 0.1) is 11.7 Å². The Morgan fingerprint density at radius 1 is 1.05 bits per heavy atom. The number of piperazine rings is 1. The van der Waals surface area contributed by atoms with Gasteiger partial charge in [-0.05, 0) is 81.7 Å². The summed E-state index contributed by atoms with van der Waals surface area (Å²) in [5.41, 5.74) is 1.14. The van der Waals surface area contributed by atoms with E-state index in [9.17, 15) is 23.6 Å². The first-order valence-corrected chi connectivity index (χ1v) is 19.3. The number of amides is 3. The lowest BCUT2D eigenvalue weighted by Gasteiger charge is -2.38. The molecule has 5 heterocycles. The highest BCUT2D eigenvalue weighted by atomic mass is 19.1. The third kappa shape index (κ3) is 7.84. The summed E-state index contributed by atoms with van der Waals surface area (Å²) in [6.45, 7) is 7.65. The van der Waals surface area contributed by atoms with Gasteiger partial charge in [0.15, 0.2) is 11.6 Å². The van der Waals surface area contributed by atoms with Crippen LogP contribution in [0.2, 0.25) is 0 Å². The van der Waals surface area contributed by atoms with E-state index in [2.05, 4.69) is 20.5 Å². The Kier molecular flexibility index (Phi) is 10.1. The minimum Gasteiger partial charge on any atom is -0.490 e. The van der Waals surface area contributed by atoms with Gasteiger partial charge in [0.2, 0.25) is 11.8 Å². The predicted octanol–water partition coefficient (Wildman–Crippen LogP) is 5.13. The first-order valence-electron chi connectivity index (χ1n) is 19.3. The van der Waals surface area contributed by atoms with E-state index in [1.807, 2.05) is 29.6 Å². The van der Waals surface area contributed by atoms with Crippen molar-refractivity contribution in [2.75, 3.05) is 42.9 Å². The van der Waals surface area contributed by atoms with Crippen LogP contribution in [-0.2, 0) is 9.59 Å². The fourth-order valence-corrected chi connectivity index (χ4v) is 8.26. The van der Waals surface area contributed by atoms with Gasteiger partial charge in [-0.15, -0.1) is 0 Å². The van der Waals surface area contributed by atoms with Crippen molar-refractivity contribution in [3.63, 3.8) is 0 Å². The van der Waals surface area contributed by atoms with Gasteiger partial charge < -0.3 is 19.5 Å². The summed E-state index contributed by atoms with van der Waals surface area (Å²) in [4.78, 5) is 59.1. The molecule has 4 aliphatic rings. The van der Waals surface area contributed by atoms with E-state index < -0.39 is 41.3 Å². The van der Waals surface area contributed by atoms with E-state index in [1.165, 1.54) is 16.7 Å². The van der Waals surface area contributed by atoms with E-state index in [-0.39, 0.29) is 35.7 Å². The summed E-state index contributed by atoms with van der Waals surface area (Å²) in [7, 11) is 0. The van der Waals surface area contributed by atoms with Crippen molar-refractivity contribution in [1.82, 2.24) is 29.5 Å². The molecule has 1 unspecified atom stereocenters. The highest BCUT2D eigenvalue weighted by Gasteiger charge is 2.40. The molecule has 2 aliphatic carbocycles. The fourth-order valence-electron chi connectivity index (χ4n) is 8.26. The Hall–Kier alpha value is -5.18. The normalized spacial score (nSPS) is 24.6. The van der Waals surface area contributed by atoms with Crippen molar-refractivity contribution in [2.45, 2.75) is 89.1 Å². The van der Waals surface area contributed by atoms with Gasteiger partial charge in [-0.1, -0.05) is 0 Å². The molecule has 15 heteroatoms. The molecule has 3 aromatic heterocycles. The SMILES string of the molecule is CC(C)Oc1cc2nn(C3CCC(CN4CCN(c5ncc(C6CCC(=O)NC6=O)cc5F)CC4)CC3)cc2cc1C(=O)Nc1cccn([C@H]2C[C@H]2F)c1=O. The number of rotatable bonds is 10. The molecular formula is C40H46F2N8O5. The summed E-state index contributed by atoms with van der Waals surface area (Å²) < 4.78 is 38.3. The number of benzene rings is 1. The zero-order valence-corrected chi connectivity index (χ0v) is 31.0. The number of pyridine rings is 2. The second kappa shape index (κ2) is 15.2. The van der Waals surface area contributed by atoms with Crippen LogP contribution in [0.1, 0.15) is 92.7 Å². The van der Waals surface area contributed by atoms with E-state index in [0.717, 1.165) is 50.7 Å². The van der Waals surface area contributed by atoms with Crippen LogP contribution in [0.25, 0.3) is 10.9 Å². The molecule has 1 aromatic carbocycles. The molecule has 4 aromatic rings. The number of piperidine rings is 1. The van der Waals surface area contributed by atoms with Gasteiger partial charge in [0.05, 0.1) is 35.2 Å². The lowest BCUT2D eigenvalue weighted by molar-refractivity contribution is -0.134. The number of ether oxygens (including phenoxy) is 1. The van der Waals surface area contributed by atoms with Crippen molar-refractivity contribution >= 4 is 40.1 Å². The van der Waals surface area contributed by atoms with Gasteiger partial charge in [-0.3, -0.25) is 34.1 Å². The smallest absolute Gasteiger partial charge is 0.274 e. The second-order valence-corrected chi connectivity index (χ2v) is 15.6. The van der Waals surface area contributed by atoms with Crippen LogP contribution < -0.4 is 25.8 Å². The third-order valence-corrected chi connectivity index (χ3v) is 11.4. The number of fused-ring (bicyclic) bond motifs is 1. The molecule has 2 saturated carbocycles. The van der Waals surface area contributed by atoms with E-state index in [0.29, 0.717) is 54.5 Å². The molecule has 290 valence electrons. The molecule has 2 N–H and O–H groups in total. The predicted molar refractivity (Wildman–Crippen MR) is 202 cm³/mol. The number of carbonyl (C=O) groups is 3. The minimum atomic E-state index is -1.05. The van der Waals surface area contributed by atoms with Crippen LogP contribution in [-0.4, -0.2) is 87.0 Å². The molecule has 4 fully saturated rings. The second-order valence-electron chi connectivity index (χ2n) is 15.6. The fraction of sp³-hybridized carbons (Fsp3) is 0.500. The number of nitrogens with zero attached hydrogens (tertiary/aromatic N) is 6. The maximum absolute atomic E-state index is 15.2. The van der Waals surface area contributed by atoms with Crippen molar-refractivity contribution in [2.24, 2.45) is 5.92 Å². The number of halogens is 2. The Bertz CT molecular complexity index is 2170. The summed E-state index contributed by atoms with van der Waals surface area (Å²) in [5, 5.41) is 10.8. The molecule has 13 nitrogen and oxygen atoms in total. The number of imide groups is 1. The number of nitrogens with one attached hydrogen (secondary N) is 2. The summed E-state index contributed by atoms with van der Waals surface area (Å²) in [5.74, 6) is -1.00. The molecule has 2 saturated heterocycles. The molecule has 3 atom stereocenters. The number of aromatic nitrogens is 4. The van der Waals surface area contributed by atoms with Gasteiger partial charge in [0.25, 0.3) is 11.5 Å². The highest BCUT2D eigenvalue weighted by molar-refractivity contribution is 6.08. The first-order chi connectivity index (χ1) is 26.5. The molecule has 8 rings (SSSR count). The van der Waals surface area contributed by atoms with Gasteiger partial charge in [0.1, 0.15) is 17.6 Å². The van der Waals surface area contributed by atoms with Gasteiger partial charge >= 0.3 is 0 Å². The average molecular weight is 757 g/mol. The largest absolute Gasteiger partial charge is 0.490 e. The molecule has 0 bridgehead atoms. The lowest BCUT2D eigenvalue weighted by atomic mass is 9.85. The van der Waals surface area contributed by atoms with E-state index in [1.54, 1.807) is 30.6 Å². The van der Waals surface area contributed by atoms with Crippen molar-refractivity contribution in [1.29, 1.82) is 0 Å². The van der Waals surface area contributed by atoms with Gasteiger partial charge in [-0.2, -0.15) is 5.10 Å². The van der Waals surface area contributed by atoms with Crippen molar-refractivity contribution in [3.05, 3.63) is 76.2 Å². The quantitative estimate of drug-likeness (QED) is 0.211. The number of carbonyl (C=O) groups excluding carboxylic acids is 3. The standard InChI is InChI=1S/C40H46F2N8O5/c1-23(2)55-35-19-33-26(16-29(35)39(53)44-32-4-3-11-49(40(32)54)34-18-30(34)41)22-50(46-33)27-7-5-24(6-8-27)21-47-12-14-48(15-13-47)37-31(42)17-25(20-43-37)28-9-10-36(51)45-38(28)52/h3-4,11,16-17,19-20,22-24,27-28,30,34H,5-10,12-15,18,21H2,1-2H3,(H,44,53)(H,45,51,52)/t24?,27?,28?,30-,34+/m1/s1. The number of hydrogen-bond acceptors (Lipinski definition) is 9. The molecule has 0 spiro atoms. The monoisotopic (exact) mass is 756 g/mol. The minimum absolute atomic E-state index is 0.0840.